The maximum absolute atomic E-state index is 14.5. The quantitative estimate of drug-likeness (QED) is 0.0315. The summed E-state index contributed by atoms with van der Waals surface area (Å²) in [5.41, 5.74) is 1.61. The van der Waals surface area contributed by atoms with E-state index >= 15 is 0 Å². The molecule has 0 aromatic heterocycles. The second kappa shape index (κ2) is 24.6. The minimum absolute atomic E-state index is 0.0164. The van der Waals surface area contributed by atoms with E-state index in [1.54, 1.807) is 19.1 Å². The summed E-state index contributed by atoms with van der Waals surface area (Å²) < 4.78 is 22.5. The molecule has 0 spiro atoms. The summed E-state index contributed by atoms with van der Waals surface area (Å²) in [4.78, 5) is 82.6. The maximum Gasteiger partial charge on any atom is 0.308 e. The monoisotopic (exact) mass is 922 g/mol. The lowest BCUT2D eigenvalue weighted by atomic mass is 9.93. The van der Waals surface area contributed by atoms with Crippen molar-refractivity contribution in [3.8, 4) is 23.8 Å². The van der Waals surface area contributed by atoms with Gasteiger partial charge in [-0.1, -0.05) is 94.3 Å². The molecule has 3 aromatic carbocycles. The molecule has 0 aliphatic carbocycles. The number of quaternary nitrogens is 1. The van der Waals surface area contributed by atoms with Crippen molar-refractivity contribution in [2.24, 2.45) is 11.8 Å². The van der Waals surface area contributed by atoms with Gasteiger partial charge in [0.25, 0.3) is 5.91 Å². The summed E-state index contributed by atoms with van der Waals surface area (Å²) in [6.07, 6.45) is 6.91. The number of carbonyl (C=O) groups is 6. The van der Waals surface area contributed by atoms with Gasteiger partial charge in [-0.15, -0.1) is 6.42 Å². The van der Waals surface area contributed by atoms with Crippen LogP contribution in [0.5, 0.6) is 11.5 Å². The number of aryl methyl sites for hydroxylation is 1. The van der Waals surface area contributed by atoms with Crippen LogP contribution in [0.25, 0.3) is 0 Å². The van der Waals surface area contributed by atoms with E-state index in [1.807, 2.05) is 94.4 Å². The van der Waals surface area contributed by atoms with Crippen molar-refractivity contribution in [2.75, 3.05) is 46.1 Å². The number of esters is 1. The number of carbonyl (C=O) groups excluding carboxylic acids is 6. The third-order valence-electron chi connectivity index (χ3n) is 11.9. The maximum atomic E-state index is 14.5. The van der Waals surface area contributed by atoms with Gasteiger partial charge in [0.15, 0.2) is 23.8 Å². The first-order valence-electron chi connectivity index (χ1n) is 23.2. The van der Waals surface area contributed by atoms with Crippen molar-refractivity contribution in [3.63, 3.8) is 0 Å². The average Bonchev–Trinajstić information content (AvgIpc) is 4.05. The third-order valence-corrected chi connectivity index (χ3v) is 11.9. The number of nitrogens with one attached hydrogen (secondary N) is 4. The molecule has 4 unspecified atom stereocenters. The highest BCUT2D eigenvalue weighted by molar-refractivity contribution is 5.98. The third kappa shape index (κ3) is 16.3. The van der Waals surface area contributed by atoms with Gasteiger partial charge < -0.3 is 44.7 Å². The second-order valence-electron chi connectivity index (χ2n) is 18.7. The van der Waals surface area contributed by atoms with Crippen LogP contribution in [0.15, 0.2) is 78.9 Å². The Labute approximate surface area is 395 Å². The fourth-order valence-electron chi connectivity index (χ4n) is 8.28. The zero-order chi connectivity index (χ0) is 48.6. The van der Waals surface area contributed by atoms with Gasteiger partial charge in [0.2, 0.25) is 17.7 Å². The van der Waals surface area contributed by atoms with Gasteiger partial charge in [0.1, 0.15) is 50.0 Å². The standard InChI is InChI=1S/C52H67N5O10/c1-8-25-65-46-31-40(20-22-45(46)67-37(6)58)32-57(23-26-64-27-24-57)33-47(59)53-41(21-19-38-15-11-9-12-16-38)49(61)55-43(29-36(4)5)50(62)56-44(30-39-17-13-10-14-18-39)51(63)54-42(28-35(2)3)48(60)52(7)34-66-52/h1,9-18,20,22,31,35-36,41-44H,19,21,23-30,32-34H2,2-7H3,(H3-,53,54,55,56,59,61,62,63)/p+1/t41?,42?,43?,44?,52-/m1/s1. The molecule has 67 heavy (non-hydrogen) atoms. The molecule has 5 atom stereocenters. The number of benzene rings is 3. The van der Waals surface area contributed by atoms with E-state index in [0.29, 0.717) is 55.9 Å². The van der Waals surface area contributed by atoms with Crippen LogP contribution in [0, 0.1) is 24.2 Å². The molecule has 360 valence electrons. The summed E-state index contributed by atoms with van der Waals surface area (Å²) >= 11 is 0. The number of Topliss-reactive ketones (excluding diaryl/α,β-unsaturated/α-hetero) is 1. The lowest BCUT2D eigenvalue weighted by molar-refractivity contribution is -0.940. The summed E-state index contributed by atoms with van der Waals surface area (Å²) in [6.45, 7) is 13.3. The van der Waals surface area contributed by atoms with E-state index < -0.39 is 53.5 Å². The zero-order valence-corrected chi connectivity index (χ0v) is 39.8. The Hall–Kier alpha value is -6.08. The van der Waals surface area contributed by atoms with Crippen LogP contribution < -0.4 is 30.7 Å². The topological polar surface area (TPSA) is 191 Å². The first-order chi connectivity index (χ1) is 32.0. The molecule has 2 heterocycles. The molecule has 4 amide bonds. The van der Waals surface area contributed by atoms with Crippen LogP contribution >= 0.6 is 0 Å². The van der Waals surface area contributed by atoms with E-state index in [-0.39, 0.29) is 68.3 Å². The molecule has 2 aliphatic heterocycles. The highest BCUT2D eigenvalue weighted by Crippen LogP contribution is 2.31. The Bertz CT molecular complexity index is 2200. The van der Waals surface area contributed by atoms with Gasteiger partial charge in [0.05, 0.1) is 25.9 Å². The molecule has 2 fully saturated rings. The second-order valence-corrected chi connectivity index (χ2v) is 18.7. The van der Waals surface area contributed by atoms with Crippen molar-refractivity contribution in [2.45, 2.75) is 110 Å². The van der Waals surface area contributed by atoms with E-state index in [2.05, 4.69) is 27.2 Å². The van der Waals surface area contributed by atoms with Crippen LogP contribution in [0.1, 0.15) is 77.5 Å². The van der Waals surface area contributed by atoms with E-state index in [4.69, 9.17) is 25.4 Å². The lowest BCUT2D eigenvalue weighted by Crippen LogP contribution is -2.61. The predicted octanol–water partition coefficient (Wildman–Crippen LogP) is 4.24. The van der Waals surface area contributed by atoms with Crippen molar-refractivity contribution in [1.82, 2.24) is 21.3 Å². The highest BCUT2D eigenvalue weighted by Gasteiger charge is 2.50. The van der Waals surface area contributed by atoms with Gasteiger partial charge >= 0.3 is 5.97 Å². The van der Waals surface area contributed by atoms with Crippen LogP contribution in [0.3, 0.4) is 0 Å². The summed E-state index contributed by atoms with van der Waals surface area (Å²) in [6, 6.07) is 20.0. The molecule has 2 aliphatic rings. The number of epoxide rings is 1. The first kappa shape index (κ1) is 51.9. The first-order valence-corrected chi connectivity index (χ1v) is 23.2. The molecule has 15 nitrogen and oxygen atoms in total. The summed E-state index contributed by atoms with van der Waals surface area (Å²) in [5, 5.41) is 11.8. The Kier molecular flexibility index (Phi) is 19.1. The number of hydrogen-bond donors (Lipinski definition) is 4. The molecule has 5 rings (SSSR count). The molecule has 15 heteroatoms. The van der Waals surface area contributed by atoms with Crippen LogP contribution in [-0.4, -0.2) is 116 Å². The van der Waals surface area contributed by atoms with Crippen molar-refractivity contribution < 1.29 is 52.2 Å². The number of rotatable bonds is 25. The highest BCUT2D eigenvalue weighted by atomic mass is 16.6. The van der Waals surface area contributed by atoms with Gasteiger partial charge in [-0.05, 0) is 73.8 Å². The average molecular weight is 923 g/mol. The van der Waals surface area contributed by atoms with Crippen LogP contribution in [0.2, 0.25) is 0 Å². The van der Waals surface area contributed by atoms with E-state index in [9.17, 15) is 28.8 Å². The number of hydrogen-bond acceptors (Lipinski definition) is 10. The number of ketones is 1. The molecule has 4 N–H and O–H groups in total. The van der Waals surface area contributed by atoms with Gasteiger partial charge in [-0.2, -0.15) is 0 Å². The van der Waals surface area contributed by atoms with E-state index in [1.165, 1.54) is 6.92 Å². The number of nitrogens with zero attached hydrogens (tertiary/aromatic N) is 1. The Balaban J connectivity index is 1.36. The van der Waals surface area contributed by atoms with Gasteiger partial charge in [-0.3, -0.25) is 28.8 Å². The van der Waals surface area contributed by atoms with Crippen molar-refractivity contribution in [1.29, 1.82) is 0 Å². The minimum Gasteiger partial charge on any atom is -0.477 e. The smallest absolute Gasteiger partial charge is 0.308 e. The Morgan fingerprint density at radius 1 is 0.731 bits per heavy atom. The fourth-order valence-corrected chi connectivity index (χ4v) is 8.28. The van der Waals surface area contributed by atoms with Crippen LogP contribution in [-0.2, 0) is 57.6 Å². The Morgan fingerprint density at radius 2 is 1.30 bits per heavy atom. The lowest BCUT2D eigenvalue weighted by Gasteiger charge is -2.41. The fraction of sp³-hybridized carbons (Fsp3) is 0.500. The molecule has 3 aromatic rings. The van der Waals surface area contributed by atoms with Gasteiger partial charge in [-0.25, -0.2) is 0 Å². The number of ether oxygens (including phenoxy) is 4. The van der Waals surface area contributed by atoms with Gasteiger partial charge in [0, 0.05) is 18.9 Å². The Morgan fingerprint density at radius 3 is 1.90 bits per heavy atom. The van der Waals surface area contributed by atoms with Crippen molar-refractivity contribution in [3.05, 3.63) is 95.6 Å². The number of amides is 4. The predicted molar refractivity (Wildman–Crippen MR) is 252 cm³/mol. The normalized spacial score (nSPS) is 18.0. The molecule has 0 saturated carbocycles. The molecule has 0 bridgehead atoms. The molecule has 0 radical (unpaired) electrons. The number of terminal acetylenes is 1. The van der Waals surface area contributed by atoms with E-state index in [0.717, 1.165) is 16.7 Å². The molecular formula is C52H68N5O10+. The molecular weight excluding hydrogens is 855 g/mol. The largest absolute Gasteiger partial charge is 0.477 e. The summed E-state index contributed by atoms with van der Waals surface area (Å²) in [5.74, 6) is 0.255. The van der Waals surface area contributed by atoms with Crippen molar-refractivity contribution >= 4 is 35.4 Å². The minimum atomic E-state index is -1.09. The summed E-state index contributed by atoms with van der Waals surface area (Å²) in [7, 11) is 0. The SMILES string of the molecule is C#CCOc1cc(C[N+]2(CC(=O)NC(CCc3ccccc3)C(=O)NC(CC(C)C)C(=O)NC(Cc3ccccc3)C(=O)NC(CC(C)C)C(=O)[C@@]3(C)CO3)CCOCC2)ccc1OC(C)=O. The molecule has 2 saturated heterocycles. The number of morpholine rings is 1. The zero-order valence-electron chi connectivity index (χ0n) is 39.8. The van der Waals surface area contributed by atoms with Crippen LogP contribution in [0.4, 0.5) is 0 Å².